The Morgan fingerprint density at radius 3 is 2.30 bits per heavy atom. The summed E-state index contributed by atoms with van der Waals surface area (Å²) >= 11 is 0. The topological polar surface area (TPSA) is 49.6 Å². The molecule has 2 heterocycles. The minimum Gasteiger partial charge on any atom is -0.340 e. The summed E-state index contributed by atoms with van der Waals surface area (Å²) in [5, 5.41) is 4.47. The van der Waals surface area contributed by atoms with Crippen LogP contribution in [0.2, 0.25) is 0 Å². The SMILES string of the molecule is O=C(c1ccccc1)N(Cc1c(-c2ccccc2)noc1N1CCCCC1)C1CC1. The molecular weight excluding hydrogens is 374 g/mol. The molecule has 1 aliphatic heterocycles. The maximum absolute atomic E-state index is 13.3. The fraction of sp³-hybridized carbons (Fsp3) is 0.360. The number of hydrogen-bond donors (Lipinski definition) is 0. The van der Waals surface area contributed by atoms with Gasteiger partial charge in [-0.2, -0.15) is 0 Å². The molecule has 5 nitrogen and oxygen atoms in total. The van der Waals surface area contributed by atoms with Gasteiger partial charge in [-0.1, -0.05) is 53.7 Å². The molecule has 1 saturated carbocycles. The van der Waals surface area contributed by atoms with E-state index in [0.29, 0.717) is 12.6 Å². The van der Waals surface area contributed by atoms with Gasteiger partial charge in [0.25, 0.3) is 5.91 Å². The number of carbonyl (C=O) groups excluding carboxylic acids is 1. The zero-order chi connectivity index (χ0) is 20.3. The van der Waals surface area contributed by atoms with Crippen molar-refractivity contribution in [2.75, 3.05) is 18.0 Å². The summed E-state index contributed by atoms with van der Waals surface area (Å²) in [6, 6.07) is 20.0. The average Bonchev–Trinajstić information content (AvgIpc) is 3.58. The molecule has 1 saturated heterocycles. The zero-order valence-corrected chi connectivity index (χ0v) is 17.2. The summed E-state index contributed by atoms with van der Waals surface area (Å²) in [6.45, 7) is 2.48. The lowest BCUT2D eigenvalue weighted by Crippen LogP contribution is -2.34. The van der Waals surface area contributed by atoms with E-state index in [0.717, 1.165) is 67.0 Å². The molecule has 0 unspecified atom stereocenters. The van der Waals surface area contributed by atoms with Crippen molar-refractivity contribution >= 4 is 11.8 Å². The van der Waals surface area contributed by atoms with Gasteiger partial charge in [0.2, 0.25) is 5.88 Å². The fourth-order valence-corrected chi connectivity index (χ4v) is 4.28. The van der Waals surface area contributed by atoms with Crippen LogP contribution in [0.1, 0.15) is 48.0 Å². The van der Waals surface area contributed by atoms with Gasteiger partial charge in [0.15, 0.2) is 0 Å². The first-order valence-corrected chi connectivity index (χ1v) is 11.0. The van der Waals surface area contributed by atoms with E-state index in [1.807, 2.05) is 53.4 Å². The van der Waals surface area contributed by atoms with E-state index in [2.05, 4.69) is 22.2 Å². The summed E-state index contributed by atoms with van der Waals surface area (Å²) in [4.78, 5) is 17.7. The number of hydrogen-bond acceptors (Lipinski definition) is 4. The van der Waals surface area contributed by atoms with E-state index in [9.17, 15) is 4.79 Å². The lowest BCUT2D eigenvalue weighted by atomic mass is 10.0. The molecule has 5 heteroatoms. The van der Waals surface area contributed by atoms with Crippen LogP contribution in [0.5, 0.6) is 0 Å². The molecular formula is C25H27N3O2. The highest BCUT2D eigenvalue weighted by Gasteiger charge is 2.35. The lowest BCUT2D eigenvalue weighted by Gasteiger charge is -2.28. The Labute approximate surface area is 177 Å². The molecule has 0 spiro atoms. The number of anilines is 1. The van der Waals surface area contributed by atoms with Gasteiger partial charge in [-0.15, -0.1) is 0 Å². The predicted molar refractivity (Wildman–Crippen MR) is 117 cm³/mol. The molecule has 3 aromatic rings. The maximum atomic E-state index is 13.3. The van der Waals surface area contributed by atoms with Gasteiger partial charge >= 0.3 is 0 Å². The molecule has 1 amide bonds. The largest absolute Gasteiger partial charge is 0.340 e. The van der Waals surface area contributed by atoms with E-state index >= 15 is 0 Å². The van der Waals surface area contributed by atoms with Crippen molar-refractivity contribution in [3.8, 4) is 11.3 Å². The molecule has 5 rings (SSSR count). The third-order valence-corrected chi connectivity index (χ3v) is 6.06. The van der Waals surface area contributed by atoms with Gasteiger partial charge in [0.1, 0.15) is 5.69 Å². The molecule has 2 fully saturated rings. The van der Waals surface area contributed by atoms with E-state index in [4.69, 9.17) is 4.52 Å². The molecule has 1 aliphatic carbocycles. The Kier molecular flexibility index (Phi) is 5.26. The van der Waals surface area contributed by atoms with Gasteiger partial charge in [-0.25, -0.2) is 0 Å². The van der Waals surface area contributed by atoms with E-state index in [-0.39, 0.29) is 5.91 Å². The zero-order valence-electron chi connectivity index (χ0n) is 17.2. The van der Waals surface area contributed by atoms with Crippen molar-refractivity contribution in [1.82, 2.24) is 10.1 Å². The van der Waals surface area contributed by atoms with Crippen molar-refractivity contribution in [3.63, 3.8) is 0 Å². The Bertz CT molecular complexity index is 990. The number of aromatic nitrogens is 1. The van der Waals surface area contributed by atoms with Gasteiger partial charge in [0, 0.05) is 30.3 Å². The van der Waals surface area contributed by atoms with Crippen molar-refractivity contribution in [2.45, 2.75) is 44.7 Å². The number of benzene rings is 2. The first kappa shape index (κ1) is 18.9. The third kappa shape index (κ3) is 3.84. The monoisotopic (exact) mass is 401 g/mol. The van der Waals surface area contributed by atoms with Crippen molar-refractivity contribution < 1.29 is 9.32 Å². The number of piperidine rings is 1. The number of carbonyl (C=O) groups is 1. The minimum absolute atomic E-state index is 0.0860. The smallest absolute Gasteiger partial charge is 0.254 e. The van der Waals surface area contributed by atoms with Gasteiger partial charge in [0.05, 0.1) is 12.1 Å². The summed E-state index contributed by atoms with van der Waals surface area (Å²) in [6.07, 6.45) is 5.70. The molecule has 0 radical (unpaired) electrons. The first-order valence-electron chi connectivity index (χ1n) is 11.0. The standard InChI is InChI=1S/C25H27N3O2/c29-24(20-12-6-2-7-13-20)28(21-14-15-21)18-22-23(19-10-4-1-5-11-19)26-30-25(22)27-16-8-3-9-17-27/h1-2,4-7,10-13,21H,3,8-9,14-18H2. The van der Waals surface area contributed by atoms with E-state index in [1.165, 1.54) is 6.42 Å². The molecule has 30 heavy (non-hydrogen) atoms. The molecule has 2 aliphatic rings. The Balaban J connectivity index is 1.52. The highest BCUT2D eigenvalue weighted by molar-refractivity contribution is 5.94. The second-order valence-corrected chi connectivity index (χ2v) is 8.26. The molecule has 0 N–H and O–H groups in total. The van der Waals surface area contributed by atoms with Crippen LogP contribution >= 0.6 is 0 Å². The predicted octanol–water partition coefficient (Wildman–Crippen LogP) is 5.14. The molecule has 154 valence electrons. The van der Waals surface area contributed by atoms with Gasteiger partial charge in [-0.3, -0.25) is 4.79 Å². The summed E-state index contributed by atoms with van der Waals surface area (Å²) < 4.78 is 5.91. The Morgan fingerprint density at radius 2 is 1.63 bits per heavy atom. The third-order valence-electron chi connectivity index (χ3n) is 6.06. The van der Waals surface area contributed by atoms with Crippen LogP contribution in [0.4, 0.5) is 5.88 Å². The van der Waals surface area contributed by atoms with Crippen LogP contribution in [0.3, 0.4) is 0 Å². The summed E-state index contributed by atoms with van der Waals surface area (Å²) in [5.74, 6) is 0.919. The van der Waals surface area contributed by atoms with Gasteiger partial charge in [-0.05, 0) is 44.2 Å². The average molecular weight is 402 g/mol. The van der Waals surface area contributed by atoms with E-state index in [1.54, 1.807) is 0 Å². The number of nitrogens with zero attached hydrogens (tertiary/aromatic N) is 3. The van der Waals surface area contributed by atoms with E-state index < -0.39 is 0 Å². The first-order chi connectivity index (χ1) is 14.8. The number of amides is 1. The Hall–Kier alpha value is -3.08. The molecule has 0 bridgehead atoms. The normalized spacial score (nSPS) is 16.5. The Morgan fingerprint density at radius 1 is 0.967 bits per heavy atom. The van der Waals surface area contributed by atoms with Crippen molar-refractivity contribution in [3.05, 3.63) is 71.8 Å². The number of rotatable bonds is 6. The van der Waals surface area contributed by atoms with Crippen LogP contribution in [-0.2, 0) is 6.54 Å². The van der Waals surface area contributed by atoms with Crippen LogP contribution in [0.15, 0.2) is 65.2 Å². The summed E-state index contributed by atoms with van der Waals surface area (Å²) in [5.41, 5.74) is 3.64. The quantitative estimate of drug-likeness (QED) is 0.574. The maximum Gasteiger partial charge on any atom is 0.254 e. The van der Waals surface area contributed by atoms with Crippen LogP contribution in [0, 0.1) is 0 Å². The van der Waals surface area contributed by atoms with Crippen LogP contribution in [0.25, 0.3) is 11.3 Å². The second kappa shape index (κ2) is 8.34. The highest BCUT2D eigenvalue weighted by atomic mass is 16.5. The van der Waals surface area contributed by atoms with Crippen molar-refractivity contribution in [2.24, 2.45) is 0 Å². The highest BCUT2D eigenvalue weighted by Crippen LogP contribution is 2.37. The van der Waals surface area contributed by atoms with Gasteiger partial charge < -0.3 is 14.3 Å². The van der Waals surface area contributed by atoms with Crippen LogP contribution in [-0.4, -0.2) is 35.1 Å². The van der Waals surface area contributed by atoms with Crippen LogP contribution < -0.4 is 4.90 Å². The van der Waals surface area contributed by atoms with Crippen molar-refractivity contribution in [1.29, 1.82) is 0 Å². The molecule has 0 atom stereocenters. The summed E-state index contributed by atoms with van der Waals surface area (Å²) in [7, 11) is 0. The lowest BCUT2D eigenvalue weighted by molar-refractivity contribution is 0.0730. The fourth-order valence-electron chi connectivity index (χ4n) is 4.28. The second-order valence-electron chi connectivity index (χ2n) is 8.26. The molecule has 1 aromatic heterocycles. The molecule has 2 aromatic carbocycles. The minimum atomic E-state index is 0.0860.